The number of alkyl halides is 1. The molecule has 1 N–H and O–H groups in total. The summed E-state index contributed by atoms with van der Waals surface area (Å²) in [4.78, 5) is 29.0. The van der Waals surface area contributed by atoms with Crippen molar-refractivity contribution in [2.75, 3.05) is 55.8 Å². The molecule has 2 aromatic rings. The summed E-state index contributed by atoms with van der Waals surface area (Å²) in [5.74, 6) is 0.464. The van der Waals surface area contributed by atoms with Gasteiger partial charge in [-0.3, -0.25) is 9.69 Å². The minimum absolute atomic E-state index is 0.0995. The second-order valence-corrected chi connectivity index (χ2v) is 10.3. The van der Waals surface area contributed by atoms with E-state index in [4.69, 9.17) is 14.5 Å². The molecule has 4 aliphatic heterocycles. The van der Waals surface area contributed by atoms with Crippen molar-refractivity contribution in [3.63, 3.8) is 0 Å². The van der Waals surface area contributed by atoms with E-state index in [0.717, 1.165) is 31.4 Å². The number of ether oxygens (including phenoxy) is 2. The lowest BCUT2D eigenvalue weighted by Crippen LogP contribution is -2.43. The summed E-state index contributed by atoms with van der Waals surface area (Å²) in [5, 5.41) is 10.1. The molecule has 3 saturated heterocycles. The van der Waals surface area contributed by atoms with Crippen LogP contribution in [0.3, 0.4) is 0 Å². The number of carbonyl (C=O) groups excluding carboxylic acids is 1. The van der Waals surface area contributed by atoms with Crippen LogP contribution in [0.5, 0.6) is 11.8 Å². The van der Waals surface area contributed by atoms with Crippen molar-refractivity contribution in [2.45, 2.75) is 50.9 Å². The van der Waals surface area contributed by atoms with Gasteiger partial charge in [0, 0.05) is 38.7 Å². The van der Waals surface area contributed by atoms with Crippen LogP contribution >= 0.6 is 0 Å². The van der Waals surface area contributed by atoms with Gasteiger partial charge in [0.05, 0.1) is 30.1 Å². The zero-order valence-corrected chi connectivity index (χ0v) is 20.6. The molecule has 192 valence electrons. The Balaban J connectivity index is 1.34. The Labute approximate surface area is 209 Å². The number of phenols is 1. The fourth-order valence-corrected chi connectivity index (χ4v) is 6.14. The predicted octanol–water partition coefficient (Wildman–Crippen LogP) is 2.83. The van der Waals surface area contributed by atoms with Crippen molar-refractivity contribution in [1.29, 1.82) is 0 Å². The maximum Gasteiger partial charge on any atom is 0.318 e. The zero-order chi connectivity index (χ0) is 24.9. The molecule has 6 rings (SSSR count). The monoisotopic (exact) mass is 497 g/mol. The van der Waals surface area contributed by atoms with E-state index in [-0.39, 0.29) is 29.8 Å². The molecule has 1 aromatic carbocycles. The first-order chi connectivity index (χ1) is 17.4. The summed E-state index contributed by atoms with van der Waals surface area (Å²) in [6, 6.07) is 5.22. The van der Waals surface area contributed by atoms with Crippen molar-refractivity contribution < 1.29 is 23.8 Å². The number of aryl methyl sites for hydroxylation is 1. The molecule has 2 unspecified atom stereocenters. The third-order valence-corrected chi connectivity index (χ3v) is 7.95. The van der Waals surface area contributed by atoms with E-state index in [2.05, 4.69) is 14.8 Å². The third kappa shape index (κ3) is 4.06. The number of nitrogens with zero attached hydrogens (tertiary/aromatic N) is 5. The number of halogens is 1. The molecule has 0 spiro atoms. The highest BCUT2D eigenvalue weighted by atomic mass is 19.1. The molecule has 1 aromatic heterocycles. The van der Waals surface area contributed by atoms with E-state index in [0.29, 0.717) is 68.6 Å². The van der Waals surface area contributed by atoms with Crippen molar-refractivity contribution >= 4 is 17.4 Å². The van der Waals surface area contributed by atoms with E-state index in [1.165, 1.54) is 0 Å². The number of benzene rings is 1. The van der Waals surface area contributed by atoms with Gasteiger partial charge in [-0.1, -0.05) is 6.07 Å². The van der Waals surface area contributed by atoms with Gasteiger partial charge in [0.2, 0.25) is 0 Å². The van der Waals surface area contributed by atoms with E-state index in [1.807, 2.05) is 6.92 Å². The normalized spacial score (nSPS) is 26.3. The lowest BCUT2D eigenvalue weighted by atomic mass is 9.95. The standard InChI is InChI=1S/C26H32FN5O4/c1-17-4-5-19(33)12-21(17)32-15-20-22(24(32)34)23(30-7-3-10-35-11-9-30)29-25(28-20)36-16-26-6-2-8-31(26)14-18(27)13-26/h4-5,12,18,33H,2-3,6-11,13-16H2,1H3. The number of rotatable bonds is 5. The summed E-state index contributed by atoms with van der Waals surface area (Å²) in [6.07, 6.45) is 2.40. The smallest absolute Gasteiger partial charge is 0.318 e. The minimum Gasteiger partial charge on any atom is -0.508 e. The molecule has 5 heterocycles. The maximum atomic E-state index is 14.2. The number of amides is 1. The summed E-state index contributed by atoms with van der Waals surface area (Å²) in [5.41, 5.74) is 2.29. The van der Waals surface area contributed by atoms with Gasteiger partial charge in [0.1, 0.15) is 29.9 Å². The van der Waals surface area contributed by atoms with Crippen LogP contribution in [0, 0.1) is 6.92 Å². The lowest BCUT2D eigenvalue weighted by Gasteiger charge is -2.31. The number of aromatic nitrogens is 2. The Morgan fingerprint density at radius 2 is 2.11 bits per heavy atom. The molecule has 0 aliphatic carbocycles. The summed E-state index contributed by atoms with van der Waals surface area (Å²) in [6.45, 7) is 6.39. The second kappa shape index (κ2) is 9.15. The summed E-state index contributed by atoms with van der Waals surface area (Å²) < 4.78 is 26.1. The third-order valence-electron chi connectivity index (χ3n) is 7.95. The number of phenolic OH excluding ortho intramolecular Hbond substituents is 1. The van der Waals surface area contributed by atoms with Crippen LogP contribution < -0.4 is 14.5 Å². The molecule has 2 atom stereocenters. The fourth-order valence-electron chi connectivity index (χ4n) is 6.14. The summed E-state index contributed by atoms with van der Waals surface area (Å²) >= 11 is 0. The van der Waals surface area contributed by atoms with Crippen molar-refractivity contribution in [3.8, 4) is 11.8 Å². The molecule has 9 nitrogen and oxygen atoms in total. The number of fused-ring (bicyclic) bond motifs is 2. The highest BCUT2D eigenvalue weighted by molar-refractivity contribution is 6.13. The van der Waals surface area contributed by atoms with Crippen LogP contribution in [0.1, 0.15) is 47.3 Å². The first kappa shape index (κ1) is 23.4. The van der Waals surface area contributed by atoms with Gasteiger partial charge in [0.15, 0.2) is 0 Å². The van der Waals surface area contributed by atoms with Crippen LogP contribution in [0.2, 0.25) is 0 Å². The Hall–Kier alpha value is -2.98. The highest BCUT2D eigenvalue weighted by Gasteiger charge is 2.49. The lowest BCUT2D eigenvalue weighted by molar-refractivity contribution is 0.0995. The minimum atomic E-state index is -0.834. The molecule has 0 radical (unpaired) electrons. The number of anilines is 2. The van der Waals surface area contributed by atoms with Crippen LogP contribution in [-0.2, 0) is 11.3 Å². The molecular formula is C26H32FN5O4. The average Bonchev–Trinajstić information content (AvgIpc) is 3.39. The molecule has 36 heavy (non-hydrogen) atoms. The molecular weight excluding hydrogens is 465 g/mol. The van der Waals surface area contributed by atoms with Crippen LogP contribution in [0.15, 0.2) is 18.2 Å². The largest absolute Gasteiger partial charge is 0.508 e. The van der Waals surface area contributed by atoms with Crippen LogP contribution in [-0.4, -0.2) is 83.6 Å². The van der Waals surface area contributed by atoms with Gasteiger partial charge in [-0.15, -0.1) is 0 Å². The maximum absolute atomic E-state index is 14.2. The number of aromatic hydroxyl groups is 1. The second-order valence-electron chi connectivity index (χ2n) is 10.3. The highest BCUT2D eigenvalue weighted by Crippen LogP contribution is 2.41. The van der Waals surface area contributed by atoms with Gasteiger partial charge in [0.25, 0.3) is 5.91 Å². The van der Waals surface area contributed by atoms with Gasteiger partial charge in [-0.05, 0) is 44.4 Å². The van der Waals surface area contributed by atoms with Gasteiger partial charge < -0.3 is 24.4 Å². The molecule has 4 aliphatic rings. The summed E-state index contributed by atoms with van der Waals surface area (Å²) in [7, 11) is 0. The Morgan fingerprint density at radius 1 is 1.22 bits per heavy atom. The number of carbonyl (C=O) groups is 1. The average molecular weight is 498 g/mol. The van der Waals surface area contributed by atoms with Crippen LogP contribution in [0.25, 0.3) is 0 Å². The first-order valence-electron chi connectivity index (χ1n) is 12.8. The van der Waals surface area contributed by atoms with Crippen LogP contribution in [0.4, 0.5) is 15.9 Å². The van der Waals surface area contributed by atoms with Crippen molar-refractivity contribution in [1.82, 2.24) is 14.9 Å². The Bertz CT molecular complexity index is 1170. The Morgan fingerprint density at radius 3 is 3.00 bits per heavy atom. The van der Waals surface area contributed by atoms with Crippen molar-refractivity contribution in [3.05, 3.63) is 35.0 Å². The fraction of sp³-hybridized carbons (Fsp3) is 0.577. The Kier molecular flexibility index (Phi) is 5.95. The van der Waals surface area contributed by atoms with E-state index < -0.39 is 6.17 Å². The zero-order valence-electron chi connectivity index (χ0n) is 20.6. The molecule has 0 saturated carbocycles. The van der Waals surface area contributed by atoms with Gasteiger partial charge in [-0.25, -0.2) is 4.39 Å². The molecule has 0 bridgehead atoms. The van der Waals surface area contributed by atoms with E-state index >= 15 is 0 Å². The predicted molar refractivity (Wildman–Crippen MR) is 132 cm³/mol. The molecule has 3 fully saturated rings. The number of hydrogen-bond acceptors (Lipinski definition) is 8. The topological polar surface area (TPSA) is 91.3 Å². The van der Waals surface area contributed by atoms with Crippen molar-refractivity contribution in [2.24, 2.45) is 0 Å². The van der Waals surface area contributed by atoms with Gasteiger partial charge >= 0.3 is 6.01 Å². The van der Waals surface area contributed by atoms with E-state index in [9.17, 15) is 14.3 Å². The quantitative estimate of drug-likeness (QED) is 0.675. The SMILES string of the molecule is Cc1ccc(O)cc1N1Cc2nc(OCC34CCCN3CC(F)C4)nc(N3CCCOCC3)c2C1=O. The van der Waals surface area contributed by atoms with E-state index in [1.54, 1.807) is 23.1 Å². The number of hydrogen-bond donors (Lipinski definition) is 1. The molecule has 1 amide bonds. The van der Waals surface area contributed by atoms with Gasteiger partial charge in [-0.2, -0.15) is 9.97 Å². The first-order valence-corrected chi connectivity index (χ1v) is 12.8. The molecule has 10 heteroatoms.